The van der Waals surface area contributed by atoms with Crippen LogP contribution in [0.2, 0.25) is 5.15 Å². The number of hydrogen-bond acceptors (Lipinski definition) is 4. The van der Waals surface area contributed by atoms with E-state index in [1.54, 1.807) is 42.6 Å². The van der Waals surface area contributed by atoms with Crippen LogP contribution in [-0.2, 0) is 22.7 Å². The van der Waals surface area contributed by atoms with Crippen LogP contribution in [0, 0.1) is 0 Å². The summed E-state index contributed by atoms with van der Waals surface area (Å²) in [6, 6.07) is 10.3. The standard InChI is InChI=1S/C16H15ClN2O3/c1-11(20)18-8-12-2-5-14(6-3-12)16(21)22-10-13-4-7-15(17)19-9-13/h2-7,9H,8,10H2,1H3,(H,18,20). The van der Waals surface area contributed by atoms with Crippen molar-refractivity contribution in [2.75, 3.05) is 0 Å². The van der Waals surface area contributed by atoms with Crippen molar-refractivity contribution in [3.63, 3.8) is 0 Å². The lowest BCUT2D eigenvalue weighted by Gasteiger charge is -2.06. The van der Waals surface area contributed by atoms with E-state index < -0.39 is 5.97 Å². The van der Waals surface area contributed by atoms with E-state index in [0.29, 0.717) is 17.3 Å². The van der Waals surface area contributed by atoms with Crippen molar-refractivity contribution >= 4 is 23.5 Å². The lowest BCUT2D eigenvalue weighted by Crippen LogP contribution is -2.18. The average Bonchev–Trinajstić information content (AvgIpc) is 2.52. The largest absolute Gasteiger partial charge is 0.457 e. The molecule has 0 bridgehead atoms. The summed E-state index contributed by atoms with van der Waals surface area (Å²) < 4.78 is 5.20. The fourth-order valence-corrected chi connectivity index (χ4v) is 1.82. The summed E-state index contributed by atoms with van der Waals surface area (Å²) in [6.45, 7) is 2.02. The first kappa shape index (κ1) is 16.0. The summed E-state index contributed by atoms with van der Waals surface area (Å²) in [5.41, 5.74) is 2.13. The lowest BCUT2D eigenvalue weighted by molar-refractivity contribution is -0.119. The molecule has 0 unspecified atom stereocenters. The Balaban J connectivity index is 1.89. The minimum atomic E-state index is -0.416. The molecule has 0 saturated heterocycles. The molecule has 0 saturated carbocycles. The molecule has 0 atom stereocenters. The maximum absolute atomic E-state index is 11.9. The third kappa shape index (κ3) is 4.86. The van der Waals surface area contributed by atoms with E-state index in [0.717, 1.165) is 11.1 Å². The van der Waals surface area contributed by atoms with E-state index in [4.69, 9.17) is 16.3 Å². The van der Waals surface area contributed by atoms with Crippen LogP contribution in [0.4, 0.5) is 0 Å². The van der Waals surface area contributed by atoms with Crippen molar-refractivity contribution < 1.29 is 14.3 Å². The first-order valence-electron chi connectivity index (χ1n) is 6.65. The Morgan fingerprint density at radius 3 is 2.41 bits per heavy atom. The quantitative estimate of drug-likeness (QED) is 0.680. The number of pyridine rings is 1. The minimum Gasteiger partial charge on any atom is -0.457 e. The second-order valence-electron chi connectivity index (χ2n) is 4.67. The predicted octanol–water partition coefficient (Wildman–Crippen LogP) is 2.73. The van der Waals surface area contributed by atoms with Crippen LogP contribution in [-0.4, -0.2) is 16.9 Å². The van der Waals surface area contributed by atoms with Crippen LogP contribution >= 0.6 is 11.6 Å². The topological polar surface area (TPSA) is 68.3 Å². The number of hydrogen-bond donors (Lipinski definition) is 1. The van der Waals surface area contributed by atoms with Crippen LogP contribution in [0.5, 0.6) is 0 Å². The Labute approximate surface area is 133 Å². The SMILES string of the molecule is CC(=O)NCc1ccc(C(=O)OCc2ccc(Cl)nc2)cc1. The molecule has 2 aromatic rings. The monoisotopic (exact) mass is 318 g/mol. The number of esters is 1. The van der Waals surface area contributed by atoms with Crippen LogP contribution < -0.4 is 5.32 Å². The van der Waals surface area contributed by atoms with Gasteiger partial charge in [0.1, 0.15) is 11.8 Å². The molecule has 1 aromatic heterocycles. The molecule has 1 heterocycles. The molecule has 0 radical (unpaired) electrons. The Kier molecular flexibility index (Phi) is 5.49. The highest BCUT2D eigenvalue weighted by Crippen LogP contribution is 2.10. The van der Waals surface area contributed by atoms with Gasteiger partial charge in [-0.2, -0.15) is 0 Å². The van der Waals surface area contributed by atoms with Gasteiger partial charge in [-0.15, -0.1) is 0 Å². The Hall–Kier alpha value is -2.40. The van der Waals surface area contributed by atoms with Gasteiger partial charge in [0, 0.05) is 25.2 Å². The smallest absolute Gasteiger partial charge is 0.338 e. The fourth-order valence-electron chi connectivity index (χ4n) is 1.71. The first-order valence-corrected chi connectivity index (χ1v) is 7.03. The molecule has 114 valence electrons. The fraction of sp³-hybridized carbons (Fsp3) is 0.188. The van der Waals surface area contributed by atoms with Gasteiger partial charge in [-0.05, 0) is 23.8 Å². The zero-order valence-corrected chi connectivity index (χ0v) is 12.8. The predicted molar refractivity (Wildman–Crippen MR) is 82.3 cm³/mol. The van der Waals surface area contributed by atoms with Crippen molar-refractivity contribution in [2.45, 2.75) is 20.1 Å². The van der Waals surface area contributed by atoms with Gasteiger partial charge >= 0.3 is 5.97 Å². The number of carbonyl (C=O) groups excluding carboxylic acids is 2. The second kappa shape index (κ2) is 7.56. The van der Waals surface area contributed by atoms with Gasteiger partial charge < -0.3 is 10.1 Å². The Morgan fingerprint density at radius 2 is 1.82 bits per heavy atom. The average molecular weight is 319 g/mol. The zero-order valence-electron chi connectivity index (χ0n) is 12.0. The van der Waals surface area contributed by atoms with Gasteiger partial charge in [-0.3, -0.25) is 4.79 Å². The number of aromatic nitrogens is 1. The van der Waals surface area contributed by atoms with E-state index in [1.807, 2.05) is 0 Å². The molecule has 22 heavy (non-hydrogen) atoms. The Bertz CT molecular complexity index is 654. The molecule has 1 aromatic carbocycles. The summed E-state index contributed by atoms with van der Waals surface area (Å²) >= 11 is 5.69. The number of ether oxygens (including phenoxy) is 1. The van der Waals surface area contributed by atoms with Gasteiger partial charge in [0.25, 0.3) is 0 Å². The Morgan fingerprint density at radius 1 is 1.14 bits per heavy atom. The number of halogens is 1. The van der Waals surface area contributed by atoms with Crippen molar-refractivity contribution in [1.29, 1.82) is 0 Å². The summed E-state index contributed by atoms with van der Waals surface area (Å²) in [7, 11) is 0. The molecule has 0 fully saturated rings. The minimum absolute atomic E-state index is 0.0972. The van der Waals surface area contributed by atoms with Gasteiger partial charge in [0.15, 0.2) is 0 Å². The van der Waals surface area contributed by atoms with Gasteiger partial charge in [-0.1, -0.05) is 29.8 Å². The molecule has 6 heteroatoms. The molecule has 1 N–H and O–H groups in total. The summed E-state index contributed by atoms with van der Waals surface area (Å²) in [5.74, 6) is -0.513. The van der Waals surface area contributed by atoms with Crippen molar-refractivity contribution in [2.24, 2.45) is 0 Å². The maximum Gasteiger partial charge on any atom is 0.338 e. The van der Waals surface area contributed by atoms with Crippen molar-refractivity contribution in [3.8, 4) is 0 Å². The van der Waals surface area contributed by atoms with Crippen molar-refractivity contribution in [1.82, 2.24) is 10.3 Å². The molecule has 2 rings (SSSR count). The zero-order chi connectivity index (χ0) is 15.9. The van der Waals surface area contributed by atoms with Gasteiger partial charge in [0.05, 0.1) is 5.56 Å². The molecule has 0 aliphatic heterocycles. The van der Waals surface area contributed by atoms with Crippen LogP contribution in [0.15, 0.2) is 42.6 Å². The van der Waals surface area contributed by atoms with E-state index >= 15 is 0 Å². The van der Waals surface area contributed by atoms with E-state index in [1.165, 1.54) is 6.92 Å². The molecular formula is C16H15ClN2O3. The maximum atomic E-state index is 11.9. The molecule has 5 nitrogen and oxygen atoms in total. The van der Waals surface area contributed by atoms with Crippen LogP contribution in [0.25, 0.3) is 0 Å². The van der Waals surface area contributed by atoms with E-state index in [2.05, 4.69) is 10.3 Å². The number of benzene rings is 1. The van der Waals surface area contributed by atoms with Crippen LogP contribution in [0.3, 0.4) is 0 Å². The highest BCUT2D eigenvalue weighted by molar-refractivity contribution is 6.29. The van der Waals surface area contributed by atoms with E-state index in [-0.39, 0.29) is 12.5 Å². The highest BCUT2D eigenvalue weighted by atomic mass is 35.5. The van der Waals surface area contributed by atoms with Gasteiger partial charge in [0.2, 0.25) is 5.91 Å². The van der Waals surface area contributed by atoms with Crippen LogP contribution in [0.1, 0.15) is 28.4 Å². The van der Waals surface area contributed by atoms with E-state index in [9.17, 15) is 9.59 Å². The second-order valence-corrected chi connectivity index (χ2v) is 5.06. The first-order chi connectivity index (χ1) is 10.5. The van der Waals surface area contributed by atoms with Gasteiger partial charge in [-0.25, -0.2) is 9.78 Å². The third-order valence-electron chi connectivity index (χ3n) is 2.89. The number of nitrogens with zero attached hydrogens (tertiary/aromatic N) is 1. The summed E-state index contributed by atoms with van der Waals surface area (Å²) in [4.78, 5) is 26.7. The summed E-state index contributed by atoms with van der Waals surface area (Å²) in [6.07, 6.45) is 1.56. The summed E-state index contributed by atoms with van der Waals surface area (Å²) in [5, 5.41) is 3.08. The number of nitrogens with one attached hydrogen (secondary N) is 1. The number of carbonyl (C=O) groups is 2. The molecule has 0 spiro atoms. The van der Waals surface area contributed by atoms with Crippen molar-refractivity contribution in [3.05, 3.63) is 64.4 Å². The number of amides is 1. The number of rotatable bonds is 5. The molecule has 0 aliphatic carbocycles. The highest BCUT2D eigenvalue weighted by Gasteiger charge is 2.07. The third-order valence-corrected chi connectivity index (χ3v) is 3.11. The lowest BCUT2D eigenvalue weighted by atomic mass is 10.1. The molecular weight excluding hydrogens is 304 g/mol. The normalized spacial score (nSPS) is 10.1. The molecule has 0 aliphatic rings. The molecule has 1 amide bonds.